The van der Waals surface area contributed by atoms with E-state index in [1.807, 2.05) is 0 Å². The molecule has 0 radical (unpaired) electrons. The van der Waals surface area contributed by atoms with Crippen molar-refractivity contribution in [2.45, 2.75) is 6.42 Å². The summed E-state index contributed by atoms with van der Waals surface area (Å²) in [5.74, 6) is 0. The summed E-state index contributed by atoms with van der Waals surface area (Å²) in [4.78, 5) is 7.16. The van der Waals surface area contributed by atoms with Crippen molar-refractivity contribution in [3.05, 3.63) is 0 Å². The highest BCUT2D eigenvalue weighted by atomic mass is 15.5. The van der Waals surface area contributed by atoms with Gasteiger partial charge in [0.25, 0.3) is 0 Å². The van der Waals surface area contributed by atoms with Gasteiger partial charge in [-0.2, -0.15) is 0 Å². The van der Waals surface area contributed by atoms with E-state index in [1.54, 1.807) is 0 Å². The van der Waals surface area contributed by atoms with E-state index in [1.165, 1.54) is 19.5 Å². The molecule has 11 heavy (non-hydrogen) atoms. The van der Waals surface area contributed by atoms with E-state index in [2.05, 4.69) is 14.7 Å². The lowest BCUT2D eigenvalue weighted by atomic mass is 10.3. The zero-order valence-corrected chi connectivity index (χ0v) is 6.87. The Labute approximate surface area is 67.5 Å². The van der Waals surface area contributed by atoms with E-state index in [0.717, 1.165) is 20.0 Å². The molecule has 0 aliphatic carbocycles. The standard InChI is InChI=1S/C7H16N4/c8-4-11-6-9-2-1-3-10(5-9)7-11/h1-8H2. The Kier molecular flexibility index (Phi) is 2.09. The maximum atomic E-state index is 5.58. The van der Waals surface area contributed by atoms with Crippen molar-refractivity contribution in [3.8, 4) is 0 Å². The van der Waals surface area contributed by atoms with Crippen LogP contribution < -0.4 is 5.73 Å². The van der Waals surface area contributed by atoms with Crippen LogP contribution in [0.5, 0.6) is 0 Å². The molecule has 2 unspecified atom stereocenters. The first-order chi connectivity index (χ1) is 5.38. The minimum absolute atomic E-state index is 0.688. The molecule has 0 saturated carbocycles. The van der Waals surface area contributed by atoms with Crippen molar-refractivity contribution >= 4 is 0 Å². The highest BCUT2D eigenvalue weighted by Gasteiger charge is 2.25. The highest BCUT2D eigenvalue weighted by Crippen LogP contribution is 2.11. The Hall–Kier alpha value is -0.160. The Bertz CT molecular complexity index is 126. The largest absolute Gasteiger partial charge is 0.318 e. The second-order valence-corrected chi connectivity index (χ2v) is 3.42. The molecule has 0 aromatic rings. The van der Waals surface area contributed by atoms with Crippen molar-refractivity contribution in [3.63, 3.8) is 0 Å². The molecule has 2 fully saturated rings. The molecule has 0 aromatic carbocycles. The molecule has 64 valence electrons. The van der Waals surface area contributed by atoms with E-state index in [-0.39, 0.29) is 0 Å². The topological polar surface area (TPSA) is 35.7 Å². The van der Waals surface area contributed by atoms with Crippen LogP contribution in [0.2, 0.25) is 0 Å². The van der Waals surface area contributed by atoms with Crippen LogP contribution in [0.15, 0.2) is 0 Å². The maximum absolute atomic E-state index is 5.58. The Balaban J connectivity index is 1.94. The molecule has 0 amide bonds. The minimum atomic E-state index is 0.688. The van der Waals surface area contributed by atoms with Crippen LogP contribution in [0.4, 0.5) is 0 Å². The zero-order chi connectivity index (χ0) is 7.68. The molecule has 2 saturated heterocycles. The van der Waals surface area contributed by atoms with E-state index in [4.69, 9.17) is 5.73 Å². The van der Waals surface area contributed by atoms with Gasteiger partial charge in [0.15, 0.2) is 0 Å². The summed E-state index contributed by atoms with van der Waals surface area (Å²) < 4.78 is 0. The van der Waals surface area contributed by atoms with Gasteiger partial charge in [-0.1, -0.05) is 0 Å². The molecule has 0 spiro atoms. The lowest BCUT2D eigenvalue weighted by molar-refractivity contribution is -0.0542. The van der Waals surface area contributed by atoms with Gasteiger partial charge in [-0.25, -0.2) is 0 Å². The molecule has 0 aromatic heterocycles. The van der Waals surface area contributed by atoms with Gasteiger partial charge in [-0.05, 0) is 6.42 Å². The van der Waals surface area contributed by atoms with Crippen molar-refractivity contribution in [1.82, 2.24) is 14.7 Å². The molecule has 4 heteroatoms. The predicted octanol–water partition coefficient (Wildman–Crippen LogP) is -0.902. The van der Waals surface area contributed by atoms with E-state index >= 15 is 0 Å². The zero-order valence-electron chi connectivity index (χ0n) is 6.87. The average molecular weight is 156 g/mol. The molecule has 4 nitrogen and oxygen atoms in total. The normalized spacial score (nSPS) is 39.0. The second-order valence-electron chi connectivity index (χ2n) is 3.42. The van der Waals surface area contributed by atoms with Crippen LogP contribution in [0.25, 0.3) is 0 Å². The maximum Gasteiger partial charge on any atom is 0.0542 e. The van der Waals surface area contributed by atoms with Gasteiger partial charge in [0.05, 0.1) is 20.0 Å². The van der Waals surface area contributed by atoms with Crippen LogP contribution in [-0.4, -0.2) is 54.5 Å². The molecular weight excluding hydrogens is 140 g/mol. The van der Waals surface area contributed by atoms with Crippen LogP contribution in [0.1, 0.15) is 6.42 Å². The monoisotopic (exact) mass is 156 g/mol. The summed E-state index contributed by atoms with van der Waals surface area (Å²) in [6.45, 7) is 6.45. The van der Waals surface area contributed by atoms with Gasteiger partial charge in [-0.3, -0.25) is 14.7 Å². The van der Waals surface area contributed by atoms with Crippen LogP contribution >= 0.6 is 0 Å². The van der Waals surface area contributed by atoms with Gasteiger partial charge < -0.3 is 5.73 Å². The molecule has 2 N–H and O–H groups in total. The van der Waals surface area contributed by atoms with Gasteiger partial charge in [0.2, 0.25) is 0 Å². The molecular formula is C7H16N4. The summed E-state index contributed by atoms with van der Waals surface area (Å²) in [6, 6.07) is 0. The van der Waals surface area contributed by atoms with Gasteiger partial charge in [0.1, 0.15) is 0 Å². The minimum Gasteiger partial charge on any atom is -0.318 e. The average Bonchev–Trinajstić information content (AvgIpc) is 2.03. The van der Waals surface area contributed by atoms with Gasteiger partial charge in [-0.15, -0.1) is 0 Å². The lowest BCUT2D eigenvalue weighted by Crippen LogP contribution is -2.59. The third-order valence-corrected chi connectivity index (χ3v) is 2.41. The van der Waals surface area contributed by atoms with Gasteiger partial charge in [0, 0.05) is 19.8 Å². The molecule has 2 heterocycles. The summed E-state index contributed by atoms with van der Waals surface area (Å²) in [7, 11) is 0. The van der Waals surface area contributed by atoms with Crippen molar-refractivity contribution in [2.24, 2.45) is 5.73 Å². The van der Waals surface area contributed by atoms with Crippen LogP contribution in [0, 0.1) is 0 Å². The van der Waals surface area contributed by atoms with E-state index < -0.39 is 0 Å². The SMILES string of the molecule is NCN1CN2CCCN(C1)C2. The molecule has 2 atom stereocenters. The smallest absolute Gasteiger partial charge is 0.0542 e. The number of nitrogens with two attached hydrogens (primary N) is 1. The number of fused-ring (bicyclic) bond motifs is 2. The first-order valence-corrected chi connectivity index (χ1v) is 4.25. The molecule has 2 aliphatic rings. The first kappa shape index (κ1) is 7.49. The Morgan fingerprint density at radius 3 is 2.18 bits per heavy atom. The quantitative estimate of drug-likeness (QED) is 0.533. The number of hydrogen-bond acceptors (Lipinski definition) is 4. The fraction of sp³-hybridized carbons (Fsp3) is 1.00. The van der Waals surface area contributed by atoms with Crippen LogP contribution in [-0.2, 0) is 0 Å². The highest BCUT2D eigenvalue weighted by molar-refractivity contribution is 4.73. The fourth-order valence-electron chi connectivity index (χ4n) is 1.90. The Morgan fingerprint density at radius 1 is 1.00 bits per heavy atom. The first-order valence-electron chi connectivity index (χ1n) is 4.25. The summed E-state index contributed by atoms with van der Waals surface area (Å²) in [5.41, 5.74) is 5.58. The second kappa shape index (κ2) is 3.06. The molecule has 2 aliphatic heterocycles. The number of hydrogen-bond donors (Lipinski definition) is 1. The van der Waals surface area contributed by atoms with Crippen molar-refractivity contribution in [1.29, 1.82) is 0 Å². The lowest BCUT2D eigenvalue weighted by Gasteiger charge is -2.45. The number of rotatable bonds is 1. The van der Waals surface area contributed by atoms with E-state index in [0.29, 0.717) is 6.67 Å². The van der Waals surface area contributed by atoms with Gasteiger partial charge >= 0.3 is 0 Å². The predicted molar refractivity (Wildman–Crippen MR) is 43.5 cm³/mol. The van der Waals surface area contributed by atoms with Crippen LogP contribution in [0.3, 0.4) is 0 Å². The summed E-state index contributed by atoms with van der Waals surface area (Å²) in [6.07, 6.45) is 1.32. The van der Waals surface area contributed by atoms with Crippen molar-refractivity contribution in [2.75, 3.05) is 39.8 Å². The number of nitrogens with zero attached hydrogens (tertiary/aromatic N) is 3. The van der Waals surface area contributed by atoms with E-state index in [9.17, 15) is 0 Å². The Morgan fingerprint density at radius 2 is 1.64 bits per heavy atom. The molecule has 2 rings (SSSR count). The summed E-state index contributed by atoms with van der Waals surface area (Å²) >= 11 is 0. The molecule has 2 bridgehead atoms. The van der Waals surface area contributed by atoms with Crippen molar-refractivity contribution < 1.29 is 0 Å². The fourth-order valence-corrected chi connectivity index (χ4v) is 1.90. The third kappa shape index (κ3) is 1.54. The third-order valence-electron chi connectivity index (χ3n) is 2.41. The summed E-state index contributed by atoms with van der Waals surface area (Å²) in [5, 5.41) is 0.